The van der Waals surface area contributed by atoms with Crippen molar-refractivity contribution in [3.63, 3.8) is 0 Å². The molecule has 170 valence electrons. The maximum absolute atomic E-state index is 13.1. The third kappa shape index (κ3) is 4.41. The van der Waals surface area contributed by atoms with Crippen LogP contribution in [0.5, 0.6) is 11.5 Å². The molecule has 1 N–H and O–H groups in total. The molecule has 5 rings (SSSR count). The van der Waals surface area contributed by atoms with Crippen LogP contribution in [0, 0.1) is 5.92 Å². The summed E-state index contributed by atoms with van der Waals surface area (Å²) in [7, 11) is 0. The van der Waals surface area contributed by atoms with E-state index in [4.69, 9.17) is 9.47 Å². The van der Waals surface area contributed by atoms with Gasteiger partial charge in [-0.1, -0.05) is 6.07 Å². The number of nitrogens with one attached hydrogen (secondary N) is 1. The smallest absolute Gasteiger partial charge is 0.241 e. The molecule has 2 aliphatic rings. The Morgan fingerprint density at radius 1 is 1.03 bits per heavy atom. The number of Topliss-reactive ketones (excluding diaryl/α,β-unsaturated/α-hetero) is 1. The van der Waals surface area contributed by atoms with Crippen molar-refractivity contribution in [2.45, 2.75) is 25.8 Å². The van der Waals surface area contributed by atoms with Crippen molar-refractivity contribution >= 4 is 28.3 Å². The summed E-state index contributed by atoms with van der Waals surface area (Å²) in [5.41, 5.74) is 2.27. The van der Waals surface area contributed by atoms with Crippen LogP contribution >= 0.6 is 0 Å². The van der Waals surface area contributed by atoms with Crippen LogP contribution in [0.4, 0.5) is 5.69 Å². The van der Waals surface area contributed by atoms with Crippen LogP contribution in [-0.4, -0.2) is 53.9 Å². The number of amides is 1. The summed E-state index contributed by atoms with van der Waals surface area (Å²) < 4.78 is 11.2. The molecule has 3 heterocycles. The third-order valence-corrected chi connectivity index (χ3v) is 6.56. The van der Waals surface area contributed by atoms with E-state index in [1.807, 2.05) is 49.4 Å². The number of carbonyl (C=O) groups excluding carboxylic acids is 2. The van der Waals surface area contributed by atoms with Crippen molar-refractivity contribution in [2.24, 2.45) is 5.92 Å². The van der Waals surface area contributed by atoms with Gasteiger partial charge in [0.15, 0.2) is 17.3 Å². The number of likely N-dealkylation sites (tertiary alicyclic amines) is 1. The van der Waals surface area contributed by atoms with Gasteiger partial charge in [-0.15, -0.1) is 0 Å². The largest absolute Gasteiger partial charge is 0.486 e. The summed E-state index contributed by atoms with van der Waals surface area (Å²) in [6.45, 7) is 4.35. The molecule has 0 saturated carbocycles. The molecule has 0 radical (unpaired) electrons. The standard InChI is InChI=1S/C26H27N3O4/c1-17(26(31)28-22-6-2-5-21-20(22)4-3-11-27-21)29-12-9-18(10-13-29)25(30)19-7-8-23-24(16-19)33-15-14-32-23/h2-8,11,16-18H,9-10,12-15H2,1H3,(H,28,31)/t17-/m0/s1. The Kier molecular flexibility index (Phi) is 5.96. The van der Waals surface area contributed by atoms with Gasteiger partial charge in [0.05, 0.1) is 17.2 Å². The lowest BCUT2D eigenvalue weighted by atomic mass is 9.88. The highest BCUT2D eigenvalue weighted by Gasteiger charge is 2.31. The van der Waals surface area contributed by atoms with Crippen LogP contribution in [0.15, 0.2) is 54.7 Å². The zero-order chi connectivity index (χ0) is 22.8. The molecular formula is C26H27N3O4. The highest BCUT2D eigenvalue weighted by atomic mass is 16.6. The van der Waals surface area contributed by atoms with Crippen molar-refractivity contribution in [1.29, 1.82) is 0 Å². The first kappa shape index (κ1) is 21.4. The van der Waals surface area contributed by atoms with E-state index in [9.17, 15) is 9.59 Å². The van der Waals surface area contributed by atoms with Crippen molar-refractivity contribution < 1.29 is 19.1 Å². The predicted octanol–water partition coefficient (Wildman–Crippen LogP) is 3.93. The lowest BCUT2D eigenvalue weighted by Gasteiger charge is -2.35. The molecule has 1 aromatic heterocycles. The molecule has 1 saturated heterocycles. The number of aromatic nitrogens is 1. The second kappa shape index (κ2) is 9.19. The summed E-state index contributed by atoms with van der Waals surface area (Å²) in [6.07, 6.45) is 3.19. The van der Waals surface area contributed by atoms with E-state index in [1.54, 1.807) is 12.3 Å². The highest BCUT2D eigenvalue weighted by molar-refractivity contribution is 6.02. The minimum Gasteiger partial charge on any atom is -0.486 e. The Morgan fingerprint density at radius 3 is 2.64 bits per heavy atom. The summed E-state index contributed by atoms with van der Waals surface area (Å²) in [4.78, 5) is 32.5. The normalized spacial score (nSPS) is 17.5. The lowest BCUT2D eigenvalue weighted by molar-refractivity contribution is -0.121. The molecule has 7 nitrogen and oxygen atoms in total. The minimum atomic E-state index is -0.290. The van der Waals surface area contributed by atoms with Gasteiger partial charge in [0, 0.05) is 23.1 Å². The van der Waals surface area contributed by atoms with Crippen molar-refractivity contribution in [3.05, 3.63) is 60.3 Å². The Morgan fingerprint density at radius 2 is 1.82 bits per heavy atom. The first-order valence-corrected chi connectivity index (χ1v) is 11.4. The molecule has 2 aromatic carbocycles. The fraction of sp³-hybridized carbons (Fsp3) is 0.346. The Bertz CT molecular complexity index is 1180. The molecule has 1 fully saturated rings. The fourth-order valence-electron chi connectivity index (χ4n) is 4.60. The van der Waals surface area contributed by atoms with Gasteiger partial charge in [-0.3, -0.25) is 19.5 Å². The molecule has 7 heteroatoms. The number of nitrogens with zero attached hydrogens (tertiary/aromatic N) is 2. The molecule has 1 atom stereocenters. The SMILES string of the molecule is C[C@@H](C(=O)Nc1cccc2ncccc12)N1CCC(C(=O)c2ccc3c(c2)OCCO3)CC1. The Balaban J connectivity index is 1.20. The number of benzene rings is 2. The molecule has 0 bridgehead atoms. The quantitative estimate of drug-likeness (QED) is 0.600. The van der Waals surface area contributed by atoms with E-state index in [-0.39, 0.29) is 23.7 Å². The number of hydrogen-bond donors (Lipinski definition) is 1. The monoisotopic (exact) mass is 445 g/mol. The van der Waals surface area contributed by atoms with E-state index in [0.717, 1.165) is 29.4 Å². The molecular weight excluding hydrogens is 418 g/mol. The van der Waals surface area contributed by atoms with Crippen LogP contribution in [0.1, 0.15) is 30.1 Å². The Labute approximate surface area is 192 Å². The van der Waals surface area contributed by atoms with Crippen LogP contribution < -0.4 is 14.8 Å². The van der Waals surface area contributed by atoms with Crippen LogP contribution in [0.2, 0.25) is 0 Å². The molecule has 0 aliphatic carbocycles. The van der Waals surface area contributed by atoms with Crippen LogP contribution in [0.3, 0.4) is 0 Å². The van der Waals surface area contributed by atoms with Gasteiger partial charge in [-0.25, -0.2) is 0 Å². The van der Waals surface area contributed by atoms with Gasteiger partial charge in [0.2, 0.25) is 5.91 Å². The van der Waals surface area contributed by atoms with E-state index >= 15 is 0 Å². The number of hydrogen-bond acceptors (Lipinski definition) is 6. The second-order valence-electron chi connectivity index (χ2n) is 8.57. The minimum absolute atomic E-state index is 0.0526. The number of ketones is 1. The first-order valence-electron chi connectivity index (χ1n) is 11.4. The molecule has 1 amide bonds. The van der Waals surface area contributed by atoms with Gasteiger partial charge in [0.25, 0.3) is 0 Å². The van der Waals surface area contributed by atoms with Gasteiger partial charge < -0.3 is 14.8 Å². The summed E-state index contributed by atoms with van der Waals surface area (Å²) in [5, 5.41) is 3.98. The maximum Gasteiger partial charge on any atom is 0.241 e. The first-order chi connectivity index (χ1) is 16.1. The molecule has 3 aromatic rings. The second-order valence-corrected chi connectivity index (χ2v) is 8.57. The van der Waals surface area contributed by atoms with E-state index < -0.39 is 0 Å². The number of rotatable bonds is 5. The highest BCUT2D eigenvalue weighted by Crippen LogP contribution is 2.33. The lowest BCUT2D eigenvalue weighted by Crippen LogP contribution is -2.47. The Hall–Kier alpha value is -3.45. The molecule has 0 unspecified atom stereocenters. The van der Waals surface area contributed by atoms with Gasteiger partial charge in [-0.2, -0.15) is 0 Å². The average molecular weight is 446 g/mol. The number of ether oxygens (including phenoxy) is 2. The predicted molar refractivity (Wildman–Crippen MR) is 126 cm³/mol. The van der Waals surface area contributed by atoms with Gasteiger partial charge >= 0.3 is 0 Å². The van der Waals surface area contributed by atoms with Crippen molar-refractivity contribution in [3.8, 4) is 11.5 Å². The van der Waals surface area contributed by atoms with E-state index in [0.29, 0.717) is 43.4 Å². The summed E-state index contributed by atoms with van der Waals surface area (Å²) >= 11 is 0. The number of carbonyl (C=O) groups is 2. The van der Waals surface area contributed by atoms with Crippen LogP contribution in [-0.2, 0) is 4.79 Å². The third-order valence-electron chi connectivity index (χ3n) is 6.56. The van der Waals surface area contributed by atoms with Gasteiger partial charge in [0.1, 0.15) is 13.2 Å². The van der Waals surface area contributed by atoms with Gasteiger partial charge in [-0.05, 0) is 75.3 Å². The number of pyridine rings is 1. The zero-order valence-corrected chi connectivity index (χ0v) is 18.6. The molecule has 0 spiro atoms. The molecule has 2 aliphatic heterocycles. The summed E-state index contributed by atoms with van der Waals surface area (Å²) in [6, 6.07) is 14.7. The fourth-order valence-corrected chi connectivity index (χ4v) is 4.60. The number of anilines is 1. The van der Waals surface area contributed by atoms with E-state index in [2.05, 4.69) is 15.2 Å². The number of fused-ring (bicyclic) bond motifs is 2. The maximum atomic E-state index is 13.1. The van der Waals surface area contributed by atoms with Crippen molar-refractivity contribution in [1.82, 2.24) is 9.88 Å². The zero-order valence-electron chi connectivity index (χ0n) is 18.6. The van der Waals surface area contributed by atoms with Crippen LogP contribution in [0.25, 0.3) is 10.9 Å². The average Bonchev–Trinajstić information content (AvgIpc) is 2.88. The van der Waals surface area contributed by atoms with Crippen molar-refractivity contribution in [2.75, 3.05) is 31.6 Å². The number of piperidine rings is 1. The topological polar surface area (TPSA) is 80.8 Å². The summed E-state index contributed by atoms with van der Waals surface area (Å²) in [5.74, 6) is 1.35. The van der Waals surface area contributed by atoms with E-state index in [1.165, 1.54) is 0 Å². The molecule has 33 heavy (non-hydrogen) atoms.